The molecule has 2 unspecified atom stereocenters. The summed E-state index contributed by atoms with van der Waals surface area (Å²) in [4.78, 5) is 14.7. The van der Waals surface area contributed by atoms with Gasteiger partial charge in [-0.1, -0.05) is 6.07 Å². The van der Waals surface area contributed by atoms with Gasteiger partial charge in [-0.15, -0.1) is 11.6 Å². The van der Waals surface area contributed by atoms with Crippen LogP contribution in [0.3, 0.4) is 0 Å². The maximum Gasteiger partial charge on any atom is 0.310 e. The van der Waals surface area contributed by atoms with Crippen LogP contribution in [0.15, 0.2) is 24.4 Å². The number of aromatic nitrogens is 1. The van der Waals surface area contributed by atoms with E-state index in [0.717, 1.165) is 5.69 Å². The largest absolute Gasteiger partial charge is 0.469 e. The Morgan fingerprint density at radius 1 is 1.71 bits per heavy atom. The van der Waals surface area contributed by atoms with Crippen molar-refractivity contribution in [2.75, 3.05) is 7.11 Å². The van der Waals surface area contributed by atoms with Gasteiger partial charge < -0.3 is 4.74 Å². The van der Waals surface area contributed by atoms with E-state index in [1.807, 2.05) is 18.2 Å². The molecule has 14 heavy (non-hydrogen) atoms. The Morgan fingerprint density at radius 3 is 3.07 bits per heavy atom. The molecule has 3 nitrogen and oxygen atoms in total. The summed E-state index contributed by atoms with van der Waals surface area (Å²) in [6, 6.07) is 5.51. The molecular formula is C10H10ClNO2. The molecule has 1 aliphatic rings. The van der Waals surface area contributed by atoms with Gasteiger partial charge in [0.1, 0.15) is 4.87 Å². The summed E-state index contributed by atoms with van der Waals surface area (Å²) >= 11 is 6.25. The van der Waals surface area contributed by atoms with Crippen LogP contribution in [0.2, 0.25) is 0 Å². The van der Waals surface area contributed by atoms with Crippen molar-refractivity contribution in [1.29, 1.82) is 0 Å². The van der Waals surface area contributed by atoms with Crippen molar-refractivity contribution < 1.29 is 9.53 Å². The van der Waals surface area contributed by atoms with E-state index in [0.29, 0.717) is 6.42 Å². The summed E-state index contributed by atoms with van der Waals surface area (Å²) in [5, 5.41) is 0. The van der Waals surface area contributed by atoms with Gasteiger partial charge in [-0.05, 0) is 18.6 Å². The minimum absolute atomic E-state index is 0.246. The zero-order chi connectivity index (χ0) is 10.2. The monoisotopic (exact) mass is 211 g/mol. The van der Waals surface area contributed by atoms with Crippen molar-refractivity contribution in [3.63, 3.8) is 0 Å². The Balaban J connectivity index is 2.19. The maximum atomic E-state index is 11.2. The van der Waals surface area contributed by atoms with Crippen molar-refractivity contribution >= 4 is 17.6 Å². The minimum Gasteiger partial charge on any atom is -0.469 e. The van der Waals surface area contributed by atoms with Crippen LogP contribution in [0.5, 0.6) is 0 Å². The lowest BCUT2D eigenvalue weighted by atomic mass is 10.2. The third-order valence-electron chi connectivity index (χ3n) is 2.47. The van der Waals surface area contributed by atoms with Gasteiger partial charge in [-0.2, -0.15) is 0 Å². The van der Waals surface area contributed by atoms with Gasteiger partial charge in [0.15, 0.2) is 0 Å². The van der Waals surface area contributed by atoms with E-state index in [4.69, 9.17) is 11.6 Å². The molecule has 0 amide bonds. The van der Waals surface area contributed by atoms with Crippen molar-refractivity contribution in [3.8, 4) is 0 Å². The number of esters is 1. The van der Waals surface area contributed by atoms with E-state index in [9.17, 15) is 4.79 Å². The predicted octanol–water partition coefficient (Wildman–Crippen LogP) is 1.71. The normalized spacial score (nSPS) is 29.7. The Morgan fingerprint density at radius 2 is 2.50 bits per heavy atom. The lowest BCUT2D eigenvalue weighted by Gasteiger charge is -2.06. The third-order valence-corrected chi connectivity index (χ3v) is 3.08. The van der Waals surface area contributed by atoms with Gasteiger partial charge in [0.25, 0.3) is 0 Å². The van der Waals surface area contributed by atoms with Crippen LogP contribution < -0.4 is 0 Å². The molecule has 0 N–H and O–H groups in total. The second kappa shape index (κ2) is 3.24. The molecular weight excluding hydrogens is 202 g/mol. The smallest absolute Gasteiger partial charge is 0.310 e. The zero-order valence-corrected chi connectivity index (χ0v) is 8.49. The molecule has 1 heterocycles. The fourth-order valence-corrected chi connectivity index (χ4v) is 1.90. The molecule has 1 saturated carbocycles. The zero-order valence-electron chi connectivity index (χ0n) is 7.74. The number of hydrogen-bond donors (Lipinski definition) is 0. The van der Waals surface area contributed by atoms with E-state index < -0.39 is 4.87 Å². The SMILES string of the molecule is COC(=O)C1CC1(Cl)c1ccccn1. The first-order valence-electron chi connectivity index (χ1n) is 4.37. The lowest BCUT2D eigenvalue weighted by molar-refractivity contribution is -0.142. The number of rotatable bonds is 2. The molecule has 4 heteroatoms. The van der Waals surface area contributed by atoms with E-state index in [1.54, 1.807) is 6.20 Å². The van der Waals surface area contributed by atoms with E-state index in [1.165, 1.54) is 7.11 Å². The van der Waals surface area contributed by atoms with Crippen LogP contribution in [0.25, 0.3) is 0 Å². The molecule has 2 rings (SSSR count). The Kier molecular flexibility index (Phi) is 2.19. The molecule has 1 aromatic heterocycles. The summed E-state index contributed by atoms with van der Waals surface area (Å²) < 4.78 is 4.64. The van der Waals surface area contributed by atoms with Gasteiger partial charge in [-0.25, -0.2) is 0 Å². The number of alkyl halides is 1. The summed E-state index contributed by atoms with van der Waals surface area (Å²) in [7, 11) is 1.37. The fraction of sp³-hybridized carbons (Fsp3) is 0.400. The summed E-state index contributed by atoms with van der Waals surface area (Å²) in [5.41, 5.74) is 0.747. The summed E-state index contributed by atoms with van der Waals surface area (Å²) in [6.07, 6.45) is 2.28. The number of carbonyl (C=O) groups excluding carboxylic acids is 1. The van der Waals surface area contributed by atoms with Gasteiger partial charge in [0.2, 0.25) is 0 Å². The standard InChI is InChI=1S/C10H10ClNO2/c1-14-9(13)7-6-10(7,11)8-4-2-3-5-12-8/h2-5,7H,6H2,1H3. The van der Waals surface area contributed by atoms with Gasteiger partial charge in [0.05, 0.1) is 18.7 Å². The molecule has 0 saturated heterocycles. The first kappa shape index (κ1) is 9.46. The molecule has 0 bridgehead atoms. The van der Waals surface area contributed by atoms with Crippen molar-refractivity contribution in [1.82, 2.24) is 4.98 Å². The van der Waals surface area contributed by atoms with Crippen molar-refractivity contribution in [3.05, 3.63) is 30.1 Å². The first-order chi connectivity index (χ1) is 6.68. The van der Waals surface area contributed by atoms with Crippen LogP contribution in [0, 0.1) is 5.92 Å². The maximum absolute atomic E-state index is 11.2. The first-order valence-corrected chi connectivity index (χ1v) is 4.74. The third kappa shape index (κ3) is 1.38. The minimum atomic E-state index is -0.631. The average molecular weight is 212 g/mol. The number of ether oxygens (including phenoxy) is 1. The van der Waals surface area contributed by atoms with Crippen molar-refractivity contribution in [2.45, 2.75) is 11.3 Å². The number of hydrogen-bond acceptors (Lipinski definition) is 3. The summed E-state index contributed by atoms with van der Waals surface area (Å²) in [6.45, 7) is 0. The van der Waals surface area contributed by atoms with E-state index in [2.05, 4.69) is 9.72 Å². The topological polar surface area (TPSA) is 39.2 Å². The highest BCUT2D eigenvalue weighted by molar-refractivity contribution is 6.28. The van der Waals surface area contributed by atoms with Crippen LogP contribution in [-0.2, 0) is 14.4 Å². The van der Waals surface area contributed by atoms with Gasteiger partial charge in [0, 0.05) is 6.20 Å². The molecule has 1 aromatic rings. The average Bonchev–Trinajstić information content (AvgIpc) is 2.93. The lowest BCUT2D eigenvalue weighted by Crippen LogP contribution is -2.12. The molecule has 2 atom stereocenters. The Bertz CT molecular complexity index is 354. The molecule has 0 spiro atoms. The highest BCUT2D eigenvalue weighted by atomic mass is 35.5. The second-order valence-corrected chi connectivity index (χ2v) is 4.03. The number of methoxy groups -OCH3 is 1. The predicted molar refractivity (Wildman–Crippen MR) is 51.9 cm³/mol. The number of pyridine rings is 1. The molecule has 0 aromatic carbocycles. The highest BCUT2D eigenvalue weighted by Gasteiger charge is 2.60. The fourth-order valence-electron chi connectivity index (χ4n) is 1.54. The van der Waals surface area contributed by atoms with E-state index >= 15 is 0 Å². The number of carbonyl (C=O) groups is 1. The van der Waals surface area contributed by atoms with Crippen LogP contribution in [0.1, 0.15) is 12.1 Å². The molecule has 1 aliphatic carbocycles. The molecule has 1 fully saturated rings. The molecule has 0 radical (unpaired) electrons. The summed E-state index contributed by atoms with van der Waals surface area (Å²) in [5.74, 6) is -0.505. The quantitative estimate of drug-likeness (QED) is 0.552. The molecule has 74 valence electrons. The highest BCUT2D eigenvalue weighted by Crippen LogP contribution is 2.57. The second-order valence-electron chi connectivity index (χ2n) is 3.36. The number of halogens is 1. The van der Waals surface area contributed by atoms with E-state index in [-0.39, 0.29) is 11.9 Å². The van der Waals surface area contributed by atoms with Gasteiger partial charge >= 0.3 is 5.97 Å². The van der Waals surface area contributed by atoms with Crippen LogP contribution in [-0.4, -0.2) is 18.1 Å². The van der Waals surface area contributed by atoms with Crippen molar-refractivity contribution in [2.24, 2.45) is 5.92 Å². The van der Waals surface area contributed by atoms with Crippen LogP contribution in [0.4, 0.5) is 0 Å². The van der Waals surface area contributed by atoms with Crippen LogP contribution >= 0.6 is 11.6 Å². The number of nitrogens with zero attached hydrogens (tertiary/aromatic N) is 1. The Labute approximate surface area is 87.0 Å². The molecule has 0 aliphatic heterocycles. The van der Waals surface area contributed by atoms with Gasteiger partial charge in [-0.3, -0.25) is 9.78 Å². The Hall–Kier alpha value is -1.09.